The summed E-state index contributed by atoms with van der Waals surface area (Å²) in [6, 6.07) is 7.76. The minimum Gasteiger partial charge on any atom is -0.312 e. The van der Waals surface area contributed by atoms with Gasteiger partial charge >= 0.3 is 0 Å². The Hall–Kier alpha value is -0.860. The first-order valence-electron chi connectivity index (χ1n) is 8.28. The maximum Gasteiger partial charge on any atom is 0.0239 e. The summed E-state index contributed by atoms with van der Waals surface area (Å²) in [6.07, 6.45) is 5.35. The molecule has 2 aliphatic rings. The van der Waals surface area contributed by atoms with E-state index < -0.39 is 0 Å². The maximum absolute atomic E-state index is 3.48. The molecule has 0 spiro atoms. The number of hydrogen-bond donors (Lipinski definition) is 1. The third-order valence-corrected chi connectivity index (χ3v) is 4.67. The first-order chi connectivity index (χ1) is 9.74. The number of benzene rings is 1. The summed E-state index contributed by atoms with van der Waals surface area (Å²) in [5.41, 5.74) is 4.73. The van der Waals surface area contributed by atoms with E-state index in [0.717, 1.165) is 25.0 Å². The van der Waals surface area contributed by atoms with Crippen molar-refractivity contribution in [3.05, 3.63) is 34.9 Å². The van der Waals surface area contributed by atoms with Crippen LogP contribution >= 0.6 is 0 Å². The van der Waals surface area contributed by atoms with Crippen LogP contribution in [0.5, 0.6) is 0 Å². The number of rotatable bonds is 6. The standard InChI is InChI=1S/C18H28N2/c1-14(2)9-11-20(17-6-7-17)13-16-5-3-4-15-12-19-10-8-18(15)16/h3-5,14,17,19H,6-13H2,1-2H3. The fourth-order valence-electron chi connectivity index (χ4n) is 3.23. The Morgan fingerprint density at radius 3 is 2.90 bits per heavy atom. The van der Waals surface area contributed by atoms with Gasteiger partial charge in [-0.3, -0.25) is 4.90 Å². The Labute approximate surface area is 123 Å². The van der Waals surface area contributed by atoms with Crippen LogP contribution in [0, 0.1) is 5.92 Å². The fourth-order valence-corrected chi connectivity index (χ4v) is 3.23. The highest BCUT2D eigenvalue weighted by Gasteiger charge is 2.29. The van der Waals surface area contributed by atoms with Gasteiger partial charge in [0.15, 0.2) is 0 Å². The highest BCUT2D eigenvalue weighted by molar-refractivity contribution is 5.37. The van der Waals surface area contributed by atoms with E-state index in [4.69, 9.17) is 0 Å². The van der Waals surface area contributed by atoms with Crippen LogP contribution < -0.4 is 5.32 Å². The van der Waals surface area contributed by atoms with Crippen molar-refractivity contribution < 1.29 is 0 Å². The second-order valence-corrected chi connectivity index (χ2v) is 6.87. The van der Waals surface area contributed by atoms with Gasteiger partial charge < -0.3 is 5.32 Å². The summed E-state index contributed by atoms with van der Waals surface area (Å²) in [4.78, 5) is 2.73. The number of nitrogens with zero attached hydrogens (tertiary/aromatic N) is 1. The van der Waals surface area contributed by atoms with Gasteiger partial charge in [0.2, 0.25) is 0 Å². The second kappa shape index (κ2) is 6.28. The van der Waals surface area contributed by atoms with Crippen LogP contribution in [-0.2, 0) is 19.5 Å². The van der Waals surface area contributed by atoms with Crippen LogP contribution in [0.15, 0.2) is 18.2 Å². The van der Waals surface area contributed by atoms with Crippen molar-refractivity contribution in [3.8, 4) is 0 Å². The zero-order valence-electron chi connectivity index (χ0n) is 13.0. The molecule has 2 nitrogen and oxygen atoms in total. The van der Waals surface area contributed by atoms with Crippen LogP contribution in [0.3, 0.4) is 0 Å². The smallest absolute Gasteiger partial charge is 0.0239 e. The molecule has 0 saturated heterocycles. The maximum atomic E-state index is 3.48. The first-order valence-corrected chi connectivity index (χ1v) is 8.28. The van der Waals surface area contributed by atoms with Crippen LogP contribution in [0.2, 0.25) is 0 Å². The molecule has 0 amide bonds. The van der Waals surface area contributed by atoms with E-state index in [1.807, 2.05) is 0 Å². The van der Waals surface area contributed by atoms with Crippen molar-refractivity contribution in [2.45, 2.75) is 58.7 Å². The molecule has 0 unspecified atom stereocenters. The SMILES string of the molecule is CC(C)CCN(Cc1cccc2c1CCNC2)C1CC1. The Morgan fingerprint density at radius 1 is 1.30 bits per heavy atom. The Bertz CT molecular complexity index is 449. The van der Waals surface area contributed by atoms with Gasteiger partial charge in [-0.05, 0) is 61.4 Å². The van der Waals surface area contributed by atoms with E-state index in [0.29, 0.717) is 0 Å². The zero-order chi connectivity index (χ0) is 13.9. The predicted octanol–water partition coefficient (Wildman–Crippen LogP) is 3.34. The molecular formula is C18H28N2. The summed E-state index contributed by atoms with van der Waals surface area (Å²) in [6.45, 7) is 9.30. The Balaban J connectivity index is 1.71. The van der Waals surface area contributed by atoms with Crippen molar-refractivity contribution in [3.63, 3.8) is 0 Å². The molecule has 0 radical (unpaired) electrons. The average molecular weight is 272 g/mol. The highest BCUT2D eigenvalue weighted by atomic mass is 15.2. The largest absolute Gasteiger partial charge is 0.312 e. The summed E-state index contributed by atoms with van der Waals surface area (Å²) < 4.78 is 0. The molecule has 1 heterocycles. The molecule has 1 fully saturated rings. The minimum atomic E-state index is 0.810. The van der Waals surface area contributed by atoms with E-state index >= 15 is 0 Å². The molecule has 1 aliphatic heterocycles. The van der Waals surface area contributed by atoms with E-state index in [9.17, 15) is 0 Å². The molecule has 110 valence electrons. The monoisotopic (exact) mass is 272 g/mol. The second-order valence-electron chi connectivity index (χ2n) is 6.87. The highest BCUT2D eigenvalue weighted by Crippen LogP contribution is 2.30. The number of nitrogens with one attached hydrogen (secondary N) is 1. The molecule has 0 aromatic heterocycles. The summed E-state index contributed by atoms with van der Waals surface area (Å²) in [5, 5.41) is 3.48. The van der Waals surface area contributed by atoms with E-state index in [2.05, 4.69) is 42.3 Å². The van der Waals surface area contributed by atoms with E-state index in [1.54, 1.807) is 11.1 Å². The van der Waals surface area contributed by atoms with Gasteiger partial charge in [-0.25, -0.2) is 0 Å². The minimum absolute atomic E-state index is 0.810. The molecule has 1 N–H and O–H groups in total. The number of fused-ring (bicyclic) bond motifs is 1. The molecule has 1 saturated carbocycles. The lowest BCUT2D eigenvalue weighted by Crippen LogP contribution is -2.30. The molecule has 1 aromatic rings. The third kappa shape index (κ3) is 3.42. The lowest BCUT2D eigenvalue weighted by Gasteiger charge is -2.26. The quantitative estimate of drug-likeness (QED) is 0.854. The summed E-state index contributed by atoms with van der Waals surface area (Å²) >= 11 is 0. The van der Waals surface area contributed by atoms with Crippen LogP contribution in [0.4, 0.5) is 0 Å². The molecule has 20 heavy (non-hydrogen) atoms. The van der Waals surface area contributed by atoms with Crippen molar-refractivity contribution in [1.29, 1.82) is 0 Å². The van der Waals surface area contributed by atoms with Gasteiger partial charge in [0.1, 0.15) is 0 Å². The molecular weight excluding hydrogens is 244 g/mol. The topological polar surface area (TPSA) is 15.3 Å². The predicted molar refractivity (Wildman–Crippen MR) is 84.7 cm³/mol. The average Bonchev–Trinajstić information content (AvgIpc) is 3.28. The number of hydrogen-bond acceptors (Lipinski definition) is 2. The fraction of sp³-hybridized carbons (Fsp3) is 0.667. The van der Waals surface area contributed by atoms with Crippen LogP contribution in [0.1, 0.15) is 49.8 Å². The molecule has 1 aliphatic carbocycles. The molecule has 3 rings (SSSR count). The van der Waals surface area contributed by atoms with Gasteiger partial charge in [-0.15, -0.1) is 0 Å². The molecule has 1 aromatic carbocycles. The lowest BCUT2D eigenvalue weighted by atomic mass is 9.95. The van der Waals surface area contributed by atoms with Crippen LogP contribution in [0.25, 0.3) is 0 Å². The zero-order valence-corrected chi connectivity index (χ0v) is 13.0. The molecule has 0 atom stereocenters. The van der Waals surface area contributed by atoms with E-state index in [-0.39, 0.29) is 0 Å². The van der Waals surface area contributed by atoms with Gasteiger partial charge in [-0.1, -0.05) is 32.0 Å². The van der Waals surface area contributed by atoms with Gasteiger partial charge in [0.25, 0.3) is 0 Å². The molecule has 0 bridgehead atoms. The van der Waals surface area contributed by atoms with Crippen molar-refractivity contribution >= 4 is 0 Å². The van der Waals surface area contributed by atoms with Gasteiger partial charge in [0.05, 0.1) is 0 Å². The van der Waals surface area contributed by atoms with Crippen molar-refractivity contribution in [2.75, 3.05) is 13.1 Å². The van der Waals surface area contributed by atoms with Crippen molar-refractivity contribution in [2.24, 2.45) is 5.92 Å². The Morgan fingerprint density at radius 2 is 2.15 bits per heavy atom. The normalized spacial score (nSPS) is 18.6. The molecule has 2 heteroatoms. The van der Waals surface area contributed by atoms with Crippen LogP contribution in [-0.4, -0.2) is 24.0 Å². The van der Waals surface area contributed by atoms with Gasteiger partial charge in [0, 0.05) is 19.1 Å². The van der Waals surface area contributed by atoms with E-state index in [1.165, 1.54) is 44.3 Å². The Kier molecular flexibility index (Phi) is 4.42. The summed E-state index contributed by atoms with van der Waals surface area (Å²) in [5.74, 6) is 0.810. The third-order valence-electron chi connectivity index (χ3n) is 4.67. The summed E-state index contributed by atoms with van der Waals surface area (Å²) in [7, 11) is 0. The first kappa shape index (κ1) is 14.1. The van der Waals surface area contributed by atoms with Crippen molar-refractivity contribution in [1.82, 2.24) is 10.2 Å². The van der Waals surface area contributed by atoms with Gasteiger partial charge in [-0.2, -0.15) is 0 Å². The lowest BCUT2D eigenvalue weighted by molar-refractivity contribution is 0.238.